The average Bonchev–Trinajstić information content (AvgIpc) is 2.41. The maximum absolute atomic E-state index is 10.6. The Balaban J connectivity index is 1.92. The molecule has 6 nitrogen and oxygen atoms in total. The van der Waals surface area contributed by atoms with Crippen molar-refractivity contribution in [1.29, 1.82) is 0 Å². The van der Waals surface area contributed by atoms with Crippen LogP contribution in [0.25, 0.3) is 0 Å². The van der Waals surface area contributed by atoms with Crippen molar-refractivity contribution in [3.8, 4) is 11.5 Å². The fraction of sp³-hybridized carbons (Fsp3) is 0.500. The van der Waals surface area contributed by atoms with Gasteiger partial charge in [0, 0.05) is 17.8 Å². The smallest absolute Gasteiger partial charge is 0.404 e. The third-order valence-electron chi connectivity index (χ3n) is 3.48. The molecule has 0 aromatic heterocycles. The summed E-state index contributed by atoms with van der Waals surface area (Å²) in [7, 11) is 1.59. The predicted molar refractivity (Wildman–Crippen MR) is 75.2 cm³/mol. The highest BCUT2D eigenvalue weighted by Crippen LogP contribution is 2.32. The van der Waals surface area contributed by atoms with Gasteiger partial charge in [-0.3, -0.25) is 0 Å². The van der Waals surface area contributed by atoms with Crippen molar-refractivity contribution in [1.82, 2.24) is 5.32 Å². The highest BCUT2D eigenvalue weighted by atomic mass is 16.5. The Morgan fingerprint density at radius 2 is 2.00 bits per heavy atom. The van der Waals surface area contributed by atoms with Gasteiger partial charge in [-0.1, -0.05) is 0 Å². The van der Waals surface area contributed by atoms with E-state index in [1.165, 1.54) is 0 Å². The van der Waals surface area contributed by atoms with E-state index in [4.69, 9.17) is 20.3 Å². The van der Waals surface area contributed by atoms with Crippen molar-refractivity contribution >= 4 is 11.8 Å². The molecule has 1 aromatic rings. The minimum absolute atomic E-state index is 0.0232. The van der Waals surface area contributed by atoms with Crippen LogP contribution in [0, 0.1) is 0 Å². The molecule has 0 radical (unpaired) electrons. The van der Waals surface area contributed by atoms with E-state index in [1.54, 1.807) is 25.3 Å². The van der Waals surface area contributed by atoms with Crippen molar-refractivity contribution in [2.75, 3.05) is 12.8 Å². The Labute approximate surface area is 117 Å². The number of rotatable bonds is 4. The first-order chi connectivity index (χ1) is 9.58. The zero-order valence-corrected chi connectivity index (χ0v) is 11.5. The molecular weight excluding hydrogens is 260 g/mol. The number of benzene rings is 1. The second kappa shape index (κ2) is 6.36. The fourth-order valence-corrected chi connectivity index (χ4v) is 2.46. The van der Waals surface area contributed by atoms with Crippen LogP contribution in [0.2, 0.25) is 0 Å². The lowest BCUT2D eigenvalue weighted by molar-refractivity contribution is 0.131. The van der Waals surface area contributed by atoms with Crippen molar-refractivity contribution in [2.45, 2.75) is 37.8 Å². The molecule has 0 aliphatic heterocycles. The first kappa shape index (κ1) is 14.3. The monoisotopic (exact) mass is 280 g/mol. The lowest BCUT2D eigenvalue weighted by Gasteiger charge is -2.29. The molecule has 1 aromatic carbocycles. The second-order valence-electron chi connectivity index (χ2n) is 4.95. The Morgan fingerprint density at radius 1 is 1.30 bits per heavy atom. The molecule has 1 amide bonds. The van der Waals surface area contributed by atoms with Crippen molar-refractivity contribution in [2.24, 2.45) is 0 Å². The topological polar surface area (TPSA) is 93.8 Å². The summed E-state index contributed by atoms with van der Waals surface area (Å²) in [4.78, 5) is 10.6. The normalized spacial score (nSPS) is 22.1. The lowest BCUT2D eigenvalue weighted by atomic mass is 9.93. The molecule has 0 saturated heterocycles. The predicted octanol–water partition coefficient (Wildman–Crippen LogP) is 2.24. The highest BCUT2D eigenvalue weighted by molar-refractivity contribution is 5.64. The van der Waals surface area contributed by atoms with Crippen LogP contribution in [0.15, 0.2) is 18.2 Å². The number of carboxylic acid groups (broad SMARTS) is 1. The molecule has 20 heavy (non-hydrogen) atoms. The van der Waals surface area contributed by atoms with Gasteiger partial charge in [0.05, 0.1) is 13.2 Å². The van der Waals surface area contributed by atoms with E-state index in [0.29, 0.717) is 17.2 Å². The molecule has 110 valence electrons. The summed E-state index contributed by atoms with van der Waals surface area (Å²) in [6, 6.07) is 5.32. The molecule has 0 heterocycles. The van der Waals surface area contributed by atoms with Crippen molar-refractivity contribution < 1.29 is 19.4 Å². The number of amides is 1. The maximum Gasteiger partial charge on any atom is 0.404 e. The summed E-state index contributed by atoms with van der Waals surface area (Å²) >= 11 is 0. The third-order valence-corrected chi connectivity index (χ3v) is 3.48. The molecule has 1 fully saturated rings. The van der Waals surface area contributed by atoms with E-state index in [-0.39, 0.29) is 12.1 Å². The zero-order valence-electron chi connectivity index (χ0n) is 11.5. The molecular formula is C14H20N2O4. The van der Waals surface area contributed by atoms with Crippen LogP contribution in [0.1, 0.15) is 25.7 Å². The average molecular weight is 280 g/mol. The SMILES string of the molecule is COc1ccc(N)cc1OC1CCC(NC(=O)O)CC1. The molecule has 4 N–H and O–H groups in total. The number of hydrogen-bond acceptors (Lipinski definition) is 4. The van der Waals surface area contributed by atoms with Crippen LogP contribution in [-0.2, 0) is 0 Å². The number of nitrogens with two attached hydrogens (primary N) is 1. The van der Waals surface area contributed by atoms with E-state index in [1.807, 2.05) is 0 Å². The number of hydrogen-bond donors (Lipinski definition) is 3. The van der Waals surface area contributed by atoms with Crippen LogP contribution >= 0.6 is 0 Å². The molecule has 0 atom stereocenters. The van der Waals surface area contributed by atoms with Gasteiger partial charge in [-0.05, 0) is 37.8 Å². The third kappa shape index (κ3) is 3.69. The van der Waals surface area contributed by atoms with E-state index >= 15 is 0 Å². The van der Waals surface area contributed by atoms with Gasteiger partial charge in [0.25, 0.3) is 0 Å². The molecule has 1 saturated carbocycles. The first-order valence-corrected chi connectivity index (χ1v) is 6.68. The lowest BCUT2D eigenvalue weighted by Crippen LogP contribution is -2.38. The van der Waals surface area contributed by atoms with Crippen molar-refractivity contribution in [3.63, 3.8) is 0 Å². The number of anilines is 1. The van der Waals surface area contributed by atoms with E-state index in [9.17, 15) is 4.79 Å². The van der Waals surface area contributed by atoms with Crippen LogP contribution in [0.4, 0.5) is 10.5 Å². The van der Waals surface area contributed by atoms with Gasteiger partial charge in [0.15, 0.2) is 11.5 Å². The van der Waals surface area contributed by atoms with Gasteiger partial charge in [-0.2, -0.15) is 0 Å². The summed E-state index contributed by atoms with van der Waals surface area (Å²) in [6.45, 7) is 0. The highest BCUT2D eigenvalue weighted by Gasteiger charge is 2.24. The summed E-state index contributed by atoms with van der Waals surface area (Å²) in [5.41, 5.74) is 6.38. The largest absolute Gasteiger partial charge is 0.493 e. The van der Waals surface area contributed by atoms with Crippen LogP contribution < -0.4 is 20.5 Å². The number of ether oxygens (including phenoxy) is 2. The molecule has 1 aliphatic rings. The quantitative estimate of drug-likeness (QED) is 0.735. The summed E-state index contributed by atoms with van der Waals surface area (Å²) in [5, 5.41) is 11.2. The second-order valence-corrected chi connectivity index (χ2v) is 4.95. The minimum atomic E-state index is -0.966. The Bertz CT molecular complexity index is 470. The van der Waals surface area contributed by atoms with Gasteiger partial charge < -0.3 is 25.6 Å². The number of methoxy groups -OCH3 is 1. The molecule has 2 rings (SSSR count). The standard InChI is InChI=1S/C14H20N2O4/c1-19-12-7-2-9(15)8-13(12)20-11-5-3-10(4-6-11)16-14(17)18/h2,7-8,10-11,16H,3-6,15H2,1H3,(H,17,18). The minimum Gasteiger partial charge on any atom is -0.493 e. The Kier molecular flexibility index (Phi) is 4.55. The summed E-state index contributed by atoms with van der Waals surface area (Å²) in [6.07, 6.45) is 2.28. The van der Waals surface area contributed by atoms with Gasteiger partial charge in [0.1, 0.15) is 0 Å². The van der Waals surface area contributed by atoms with E-state index < -0.39 is 6.09 Å². The molecule has 0 bridgehead atoms. The van der Waals surface area contributed by atoms with Crippen LogP contribution in [-0.4, -0.2) is 30.5 Å². The summed E-state index contributed by atoms with van der Waals surface area (Å²) in [5.74, 6) is 1.30. The van der Waals surface area contributed by atoms with Crippen LogP contribution in [0.3, 0.4) is 0 Å². The number of nitrogens with one attached hydrogen (secondary N) is 1. The molecule has 0 unspecified atom stereocenters. The molecule has 1 aliphatic carbocycles. The number of carbonyl (C=O) groups is 1. The van der Waals surface area contributed by atoms with Gasteiger partial charge >= 0.3 is 6.09 Å². The van der Waals surface area contributed by atoms with Crippen molar-refractivity contribution in [3.05, 3.63) is 18.2 Å². The maximum atomic E-state index is 10.6. The molecule has 0 spiro atoms. The first-order valence-electron chi connectivity index (χ1n) is 6.68. The van der Waals surface area contributed by atoms with Crippen LogP contribution in [0.5, 0.6) is 11.5 Å². The van der Waals surface area contributed by atoms with E-state index in [0.717, 1.165) is 25.7 Å². The van der Waals surface area contributed by atoms with Gasteiger partial charge in [0.2, 0.25) is 0 Å². The number of nitrogen functional groups attached to an aromatic ring is 1. The fourth-order valence-electron chi connectivity index (χ4n) is 2.46. The van der Waals surface area contributed by atoms with E-state index in [2.05, 4.69) is 5.32 Å². The Morgan fingerprint density at radius 3 is 2.60 bits per heavy atom. The zero-order chi connectivity index (χ0) is 14.5. The summed E-state index contributed by atoms with van der Waals surface area (Å²) < 4.78 is 11.2. The van der Waals surface area contributed by atoms with Gasteiger partial charge in [-0.15, -0.1) is 0 Å². The Hall–Kier alpha value is -2.11. The van der Waals surface area contributed by atoms with Gasteiger partial charge in [-0.25, -0.2) is 4.79 Å². The molecule has 6 heteroatoms.